The summed E-state index contributed by atoms with van der Waals surface area (Å²) < 4.78 is 17.5. The standard InChI is InChI=1S/C21H20N4O3/c1-26-15-8-6-14(7-9-15)17-19(11-22,12-23)20(13-24)16-5-3-2-4-10-21(16,27-17)28-18(20)25/h6-9,16-17,25H,2-5,10H2,1H3/t16-,17+,20+,21+/m0/s1. The molecule has 0 unspecified atom stereocenters. The van der Waals surface area contributed by atoms with E-state index in [1.807, 2.05) is 0 Å². The van der Waals surface area contributed by atoms with Crippen molar-refractivity contribution >= 4 is 5.90 Å². The van der Waals surface area contributed by atoms with Crippen LogP contribution in [0.4, 0.5) is 0 Å². The second-order valence-electron chi connectivity index (χ2n) is 7.62. The van der Waals surface area contributed by atoms with E-state index in [0.717, 1.165) is 19.3 Å². The van der Waals surface area contributed by atoms with E-state index in [1.165, 1.54) is 0 Å². The summed E-state index contributed by atoms with van der Waals surface area (Å²) >= 11 is 0. The molecule has 0 aromatic heterocycles. The Labute approximate surface area is 163 Å². The van der Waals surface area contributed by atoms with Gasteiger partial charge in [0.25, 0.3) is 0 Å². The maximum Gasteiger partial charge on any atom is 0.217 e. The average molecular weight is 376 g/mol. The van der Waals surface area contributed by atoms with Crippen LogP contribution in [0.1, 0.15) is 43.8 Å². The van der Waals surface area contributed by atoms with E-state index < -0.39 is 28.6 Å². The molecule has 7 nitrogen and oxygen atoms in total. The Balaban J connectivity index is 1.96. The lowest BCUT2D eigenvalue weighted by molar-refractivity contribution is -0.284. The SMILES string of the molecule is COc1ccc([C@H]2O[C@@]34CCCCC[C@H]3[C@](C#N)(C(=N)O4)C2(C#N)C#N)cc1. The summed E-state index contributed by atoms with van der Waals surface area (Å²) in [7, 11) is 1.55. The van der Waals surface area contributed by atoms with Crippen molar-refractivity contribution in [3.63, 3.8) is 0 Å². The van der Waals surface area contributed by atoms with Crippen molar-refractivity contribution in [2.24, 2.45) is 16.7 Å². The molecule has 3 aliphatic rings. The molecule has 2 saturated heterocycles. The number of rotatable bonds is 2. The monoisotopic (exact) mass is 376 g/mol. The molecule has 1 aromatic rings. The number of hydrogen-bond acceptors (Lipinski definition) is 7. The number of nitriles is 3. The molecule has 0 amide bonds. The zero-order chi connectivity index (χ0) is 20.0. The summed E-state index contributed by atoms with van der Waals surface area (Å²) in [5.74, 6) is -1.35. The lowest BCUT2D eigenvalue weighted by atomic mass is 9.52. The maximum atomic E-state index is 10.3. The molecule has 4 rings (SSSR count). The van der Waals surface area contributed by atoms with Gasteiger partial charge in [0.2, 0.25) is 17.1 Å². The van der Waals surface area contributed by atoms with Crippen LogP contribution < -0.4 is 4.74 Å². The fraction of sp³-hybridized carbons (Fsp3) is 0.524. The van der Waals surface area contributed by atoms with E-state index in [4.69, 9.17) is 19.6 Å². The molecule has 4 atom stereocenters. The molecule has 3 fully saturated rings. The maximum absolute atomic E-state index is 10.3. The Hall–Kier alpha value is -3.08. The van der Waals surface area contributed by atoms with Crippen LogP contribution in [0.15, 0.2) is 24.3 Å². The van der Waals surface area contributed by atoms with Gasteiger partial charge in [-0.05, 0) is 30.5 Å². The Morgan fingerprint density at radius 1 is 1.07 bits per heavy atom. The van der Waals surface area contributed by atoms with Gasteiger partial charge in [0, 0.05) is 6.42 Å². The molecular formula is C21H20N4O3. The van der Waals surface area contributed by atoms with Gasteiger partial charge in [-0.2, -0.15) is 15.8 Å². The molecule has 0 radical (unpaired) electrons. The number of nitrogens with zero attached hydrogens (tertiary/aromatic N) is 3. The summed E-state index contributed by atoms with van der Waals surface area (Å²) in [4.78, 5) is 0. The highest BCUT2D eigenvalue weighted by atomic mass is 16.7. The highest BCUT2D eigenvalue weighted by Crippen LogP contribution is 2.68. The van der Waals surface area contributed by atoms with Crippen molar-refractivity contribution in [2.45, 2.75) is 44.0 Å². The highest BCUT2D eigenvalue weighted by Gasteiger charge is 2.80. The Morgan fingerprint density at radius 3 is 2.39 bits per heavy atom. The Morgan fingerprint density at radius 2 is 1.79 bits per heavy atom. The summed E-state index contributed by atoms with van der Waals surface area (Å²) in [5.41, 5.74) is -2.96. The van der Waals surface area contributed by atoms with Crippen molar-refractivity contribution < 1.29 is 14.2 Å². The molecule has 1 N–H and O–H groups in total. The number of benzene rings is 1. The van der Waals surface area contributed by atoms with E-state index in [2.05, 4.69) is 18.2 Å². The summed E-state index contributed by atoms with van der Waals surface area (Å²) in [6.07, 6.45) is 2.74. The second kappa shape index (κ2) is 6.23. The van der Waals surface area contributed by atoms with E-state index in [0.29, 0.717) is 24.2 Å². The van der Waals surface area contributed by atoms with Crippen LogP contribution in [-0.4, -0.2) is 18.8 Å². The molecule has 2 heterocycles. The quantitative estimate of drug-likeness (QED) is 0.841. The normalized spacial score (nSPS) is 35.3. The summed E-state index contributed by atoms with van der Waals surface area (Å²) in [5, 5.41) is 39.2. The van der Waals surface area contributed by atoms with E-state index in [1.54, 1.807) is 31.4 Å². The van der Waals surface area contributed by atoms with Gasteiger partial charge in [0.1, 0.15) is 11.9 Å². The second-order valence-corrected chi connectivity index (χ2v) is 7.62. The third-order valence-electron chi connectivity index (χ3n) is 6.48. The van der Waals surface area contributed by atoms with Crippen LogP contribution in [0.2, 0.25) is 0 Å². The van der Waals surface area contributed by atoms with Crippen molar-refractivity contribution in [2.75, 3.05) is 7.11 Å². The Kier molecular flexibility index (Phi) is 4.07. The molecule has 142 valence electrons. The first-order valence-electron chi connectivity index (χ1n) is 9.37. The number of nitrogens with one attached hydrogen (secondary N) is 1. The van der Waals surface area contributed by atoms with E-state index in [9.17, 15) is 15.8 Å². The molecule has 7 heteroatoms. The van der Waals surface area contributed by atoms with Crippen LogP contribution in [0, 0.1) is 56.2 Å². The van der Waals surface area contributed by atoms with Crippen molar-refractivity contribution in [1.29, 1.82) is 21.2 Å². The Bertz CT molecular complexity index is 924. The van der Waals surface area contributed by atoms with Gasteiger partial charge < -0.3 is 14.2 Å². The topological polar surface area (TPSA) is 123 Å². The fourth-order valence-corrected chi connectivity index (χ4v) is 5.12. The van der Waals surface area contributed by atoms with Gasteiger partial charge in [-0.3, -0.25) is 5.41 Å². The van der Waals surface area contributed by atoms with Crippen molar-refractivity contribution in [3.05, 3.63) is 29.8 Å². The average Bonchev–Trinajstić information content (AvgIpc) is 2.86. The lowest BCUT2D eigenvalue weighted by Gasteiger charge is -2.49. The van der Waals surface area contributed by atoms with Gasteiger partial charge in [0.15, 0.2) is 5.41 Å². The minimum atomic E-state index is -1.89. The molecule has 2 aliphatic heterocycles. The van der Waals surface area contributed by atoms with Crippen LogP contribution in [-0.2, 0) is 9.47 Å². The van der Waals surface area contributed by atoms with Gasteiger partial charge >= 0.3 is 0 Å². The van der Waals surface area contributed by atoms with Crippen molar-refractivity contribution in [1.82, 2.24) is 0 Å². The summed E-state index contributed by atoms with van der Waals surface area (Å²) in [6, 6.07) is 13.3. The van der Waals surface area contributed by atoms with Gasteiger partial charge in [-0.25, -0.2) is 0 Å². The van der Waals surface area contributed by atoms with E-state index >= 15 is 0 Å². The largest absolute Gasteiger partial charge is 0.497 e. The first kappa shape index (κ1) is 18.3. The zero-order valence-corrected chi connectivity index (χ0v) is 15.6. The molecule has 1 aliphatic carbocycles. The third-order valence-corrected chi connectivity index (χ3v) is 6.48. The fourth-order valence-electron chi connectivity index (χ4n) is 5.12. The van der Waals surface area contributed by atoms with Crippen LogP contribution >= 0.6 is 0 Å². The predicted octanol–water partition coefficient (Wildman–Crippen LogP) is 3.59. The predicted molar refractivity (Wildman–Crippen MR) is 96.6 cm³/mol. The molecule has 28 heavy (non-hydrogen) atoms. The van der Waals surface area contributed by atoms with Crippen molar-refractivity contribution in [3.8, 4) is 24.0 Å². The van der Waals surface area contributed by atoms with Gasteiger partial charge in [0.05, 0.1) is 31.2 Å². The first-order chi connectivity index (χ1) is 13.5. The molecular weight excluding hydrogens is 356 g/mol. The third kappa shape index (κ3) is 2.02. The molecule has 0 spiro atoms. The van der Waals surface area contributed by atoms with Gasteiger partial charge in [-0.1, -0.05) is 25.0 Å². The lowest BCUT2D eigenvalue weighted by Crippen LogP contribution is -2.59. The summed E-state index contributed by atoms with van der Waals surface area (Å²) in [6.45, 7) is 0. The zero-order valence-electron chi connectivity index (χ0n) is 15.6. The minimum Gasteiger partial charge on any atom is -0.497 e. The molecule has 1 aromatic carbocycles. The molecule has 2 bridgehead atoms. The van der Waals surface area contributed by atoms with E-state index in [-0.39, 0.29) is 5.90 Å². The highest BCUT2D eigenvalue weighted by molar-refractivity contribution is 5.89. The minimum absolute atomic E-state index is 0.319. The molecule has 1 saturated carbocycles. The number of hydrogen-bond donors (Lipinski definition) is 1. The number of methoxy groups -OCH3 is 1. The smallest absolute Gasteiger partial charge is 0.217 e. The van der Waals surface area contributed by atoms with Crippen LogP contribution in [0.25, 0.3) is 0 Å². The number of ether oxygens (including phenoxy) is 3. The first-order valence-corrected chi connectivity index (χ1v) is 9.37. The van der Waals surface area contributed by atoms with Crippen LogP contribution in [0.5, 0.6) is 5.75 Å². The van der Waals surface area contributed by atoms with Crippen LogP contribution in [0.3, 0.4) is 0 Å². The van der Waals surface area contributed by atoms with Gasteiger partial charge in [-0.15, -0.1) is 0 Å².